The summed E-state index contributed by atoms with van der Waals surface area (Å²) in [4.78, 5) is 26.4. The fraction of sp³-hybridized carbons (Fsp3) is 0.269. The summed E-state index contributed by atoms with van der Waals surface area (Å²) in [5.74, 6) is -0.412. The zero-order valence-electron chi connectivity index (χ0n) is 18.8. The normalized spacial score (nSPS) is 12.6. The van der Waals surface area contributed by atoms with Gasteiger partial charge in [0.15, 0.2) is 6.10 Å². The highest BCUT2D eigenvalue weighted by atomic mass is 16.5. The van der Waals surface area contributed by atoms with Crippen LogP contribution in [0.3, 0.4) is 0 Å². The lowest BCUT2D eigenvalue weighted by Gasteiger charge is -2.23. The first-order valence-corrected chi connectivity index (χ1v) is 10.4. The molecule has 0 bridgehead atoms. The summed E-state index contributed by atoms with van der Waals surface area (Å²) in [6, 6.07) is 16.0. The highest BCUT2D eigenvalue weighted by Crippen LogP contribution is 2.30. The number of ketones is 1. The second-order valence-corrected chi connectivity index (χ2v) is 7.89. The van der Waals surface area contributed by atoms with Crippen LogP contribution in [-0.2, 0) is 0 Å². The van der Waals surface area contributed by atoms with Crippen molar-refractivity contribution in [1.82, 2.24) is 4.57 Å². The van der Waals surface area contributed by atoms with Crippen LogP contribution in [0.25, 0.3) is 0 Å². The molecule has 6 nitrogen and oxygen atoms in total. The molecule has 164 valence electrons. The second kappa shape index (κ2) is 9.11. The molecule has 1 aromatic heterocycles. The lowest BCUT2D eigenvalue weighted by Crippen LogP contribution is -2.32. The molecule has 2 unspecified atom stereocenters. The Kier molecular flexibility index (Phi) is 6.50. The third-order valence-electron chi connectivity index (χ3n) is 5.89. The van der Waals surface area contributed by atoms with Gasteiger partial charge in [0.1, 0.15) is 17.4 Å². The van der Waals surface area contributed by atoms with Crippen LogP contribution < -0.4 is 10.3 Å². The molecule has 2 aromatic carbocycles. The van der Waals surface area contributed by atoms with Gasteiger partial charge in [0.05, 0.1) is 11.6 Å². The van der Waals surface area contributed by atoms with Crippen molar-refractivity contribution in [3.63, 3.8) is 0 Å². The van der Waals surface area contributed by atoms with E-state index in [-0.39, 0.29) is 16.7 Å². The van der Waals surface area contributed by atoms with Gasteiger partial charge >= 0.3 is 0 Å². The molecule has 0 amide bonds. The molecule has 2 atom stereocenters. The first-order chi connectivity index (χ1) is 15.2. The average molecular weight is 431 g/mol. The van der Waals surface area contributed by atoms with Crippen LogP contribution in [-0.4, -0.2) is 21.6 Å². The number of ether oxygens (including phenoxy) is 1. The van der Waals surface area contributed by atoms with E-state index in [0.29, 0.717) is 5.75 Å². The number of carbonyl (C=O) groups excluding carboxylic acids is 1. The predicted molar refractivity (Wildman–Crippen MR) is 122 cm³/mol. The largest absolute Gasteiger partial charge is 0.494 e. The van der Waals surface area contributed by atoms with Crippen molar-refractivity contribution in [2.45, 2.75) is 46.8 Å². The molecule has 0 aliphatic carbocycles. The van der Waals surface area contributed by atoms with Crippen LogP contribution in [0.15, 0.2) is 53.3 Å². The molecule has 32 heavy (non-hydrogen) atoms. The molecule has 6 heteroatoms. The lowest BCUT2D eigenvalue weighted by molar-refractivity contribution is 0.0811. The minimum atomic E-state index is -0.940. The number of carbonyl (C=O) groups is 1. The van der Waals surface area contributed by atoms with Gasteiger partial charge in [-0.25, -0.2) is 0 Å². The molecule has 0 aliphatic heterocycles. The zero-order chi connectivity index (χ0) is 23.6. The minimum absolute atomic E-state index is 0.0817. The Balaban J connectivity index is 2.11. The van der Waals surface area contributed by atoms with E-state index in [9.17, 15) is 20.0 Å². The maximum atomic E-state index is 13.4. The van der Waals surface area contributed by atoms with Gasteiger partial charge in [-0.1, -0.05) is 42.5 Å². The molecule has 3 aromatic rings. The number of nitriles is 1. The number of pyridine rings is 1. The number of nitrogens with zero attached hydrogens (tertiary/aromatic N) is 2. The maximum absolute atomic E-state index is 13.4. The lowest BCUT2D eigenvalue weighted by atomic mass is 9.98. The summed E-state index contributed by atoms with van der Waals surface area (Å²) in [5.41, 5.74) is 1.95. The smallest absolute Gasteiger partial charge is 0.272 e. The number of aromatic nitrogens is 1. The molecule has 3 rings (SSSR count). The maximum Gasteiger partial charge on any atom is 0.272 e. The van der Waals surface area contributed by atoms with Gasteiger partial charge in [-0.3, -0.25) is 14.2 Å². The molecule has 0 saturated heterocycles. The molecule has 1 heterocycles. The van der Waals surface area contributed by atoms with Crippen LogP contribution in [0.4, 0.5) is 0 Å². The summed E-state index contributed by atoms with van der Waals surface area (Å²) in [5, 5.41) is 20.7. The fourth-order valence-corrected chi connectivity index (χ4v) is 3.76. The third-order valence-corrected chi connectivity index (χ3v) is 5.89. The summed E-state index contributed by atoms with van der Waals surface area (Å²) in [7, 11) is 0. The summed E-state index contributed by atoms with van der Waals surface area (Å²) < 4.78 is 7.01. The van der Waals surface area contributed by atoms with E-state index < -0.39 is 29.4 Å². The van der Waals surface area contributed by atoms with E-state index in [2.05, 4.69) is 0 Å². The Morgan fingerprint density at radius 3 is 2.31 bits per heavy atom. The van der Waals surface area contributed by atoms with Crippen molar-refractivity contribution in [1.29, 1.82) is 5.26 Å². The Labute approximate surface area is 187 Å². The van der Waals surface area contributed by atoms with E-state index >= 15 is 0 Å². The van der Waals surface area contributed by atoms with Gasteiger partial charge in [0.2, 0.25) is 11.7 Å². The van der Waals surface area contributed by atoms with Gasteiger partial charge in [-0.05, 0) is 62.9 Å². The molecule has 0 saturated carbocycles. The Bertz CT molecular complexity index is 1270. The van der Waals surface area contributed by atoms with Crippen molar-refractivity contribution >= 4 is 5.78 Å². The SMILES string of the molecule is Cc1cccc(OC(C)C(=O)c2c(C)c(C#N)c(=O)n(C(C)c3ccccc3)c2O)c1C. The Hall–Kier alpha value is -3.85. The summed E-state index contributed by atoms with van der Waals surface area (Å²) in [6.07, 6.45) is -0.940. The molecule has 0 spiro atoms. The van der Waals surface area contributed by atoms with E-state index in [1.165, 1.54) is 6.92 Å². The predicted octanol–water partition coefficient (Wildman–Crippen LogP) is 4.61. The van der Waals surface area contributed by atoms with Crippen LogP contribution in [0.1, 0.15) is 58.1 Å². The Morgan fingerprint density at radius 2 is 1.69 bits per heavy atom. The molecule has 1 N–H and O–H groups in total. The zero-order valence-corrected chi connectivity index (χ0v) is 18.8. The highest BCUT2D eigenvalue weighted by molar-refractivity contribution is 6.03. The fourth-order valence-electron chi connectivity index (χ4n) is 3.76. The van der Waals surface area contributed by atoms with E-state index in [1.807, 2.05) is 62.4 Å². The summed E-state index contributed by atoms with van der Waals surface area (Å²) in [6.45, 7) is 8.67. The topological polar surface area (TPSA) is 92.3 Å². The number of hydrogen-bond acceptors (Lipinski definition) is 5. The van der Waals surface area contributed by atoms with Crippen LogP contribution in [0, 0.1) is 32.1 Å². The average Bonchev–Trinajstić information content (AvgIpc) is 2.77. The first kappa shape index (κ1) is 22.8. The highest BCUT2D eigenvalue weighted by Gasteiger charge is 2.30. The second-order valence-electron chi connectivity index (χ2n) is 7.89. The van der Waals surface area contributed by atoms with Crippen molar-refractivity contribution in [2.24, 2.45) is 0 Å². The van der Waals surface area contributed by atoms with Gasteiger partial charge in [0.25, 0.3) is 5.56 Å². The van der Waals surface area contributed by atoms with E-state index in [1.54, 1.807) is 19.9 Å². The first-order valence-electron chi connectivity index (χ1n) is 10.4. The van der Waals surface area contributed by atoms with Crippen LogP contribution >= 0.6 is 0 Å². The van der Waals surface area contributed by atoms with E-state index in [0.717, 1.165) is 21.3 Å². The van der Waals surface area contributed by atoms with Crippen molar-refractivity contribution < 1.29 is 14.6 Å². The number of benzene rings is 2. The van der Waals surface area contributed by atoms with Gasteiger partial charge < -0.3 is 9.84 Å². The number of aromatic hydroxyl groups is 1. The van der Waals surface area contributed by atoms with Crippen molar-refractivity contribution in [2.75, 3.05) is 0 Å². The Morgan fingerprint density at radius 1 is 1.03 bits per heavy atom. The van der Waals surface area contributed by atoms with Gasteiger partial charge in [-0.15, -0.1) is 0 Å². The molecular formula is C26H26N2O4. The number of aryl methyl sites for hydroxylation is 1. The molecule has 0 fully saturated rings. The van der Waals surface area contributed by atoms with E-state index in [4.69, 9.17) is 4.74 Å². The van der Waals surface area contributed by atoms with Crippen LogP contribution in [0.5, 0.6) is 11.6 Å². The molecular weight excluding hydrogens is 404 g/mol. The number of hydrogen-bond donors (Lipinski definition) is 1. The third kappa shape index (κ3) is 4.02. The van der Waals surface area contributed by atoms with Crippen molar-refractivity contribution in [3.05, 3.63) is 92.3 Å². The quantitative estimate of drug-likeness (QED) is 0.577. The van der Waals surface area contributed by atoms with Crippen LogP contribution in [0.2, 0.25) is 0 Å². The van der Waals surface area contributed by atoms with Gasteiger partial charge in [-0.2, -0.15) is 5.26 Å². The monoisotopic (exact) mass is 430 g/mol. The van der Waals surface area contributed by atoms with Crippen molar-refractivity contribution in [3.8, 4) is 17.7 Å². The number of rotatable bonds is 6. The molecule has 0 aliphatic rings. The minimum Gasteiger partial charge on any atom is -0.494 e. The summed E-state index contributed by atoms with van der Waals surface area (Å²) >= 11 is 0. The van der Waals surface area contributed by atoms with Gasteiger partial charge in [0, 0.05) is 0 Å². The molecule has 0 radical (unpaired) electrons. The standard InChI is InChI=1S/C26H26N2O4/c1-15-10-9-13-22(16(15)2)32-19(5)24(29)23-17(3)21(14-27)25(30)28(26(23)31)18(4)20-11-7-6-8-12-20/h6-13,18-19,31H,1-5H3. The number of Topliss-reactive ketones (excluding diaryl/α,β-unsaturated/α-hetero) is 1.